The van der Waals surface area contributed by atoms with Crippen molar-refractivity contribution in [3.05, 3.63) is 108 Å². The molecule has 214 valence electrons. The molecule has 0 unspecified atom stereocenters. The predicted molar refractivity (Wildman–Crippen MR) is 161 cm³/mol. The van der Waals surface area contributed by atoms with Crippen LogP contribution in [0.5, 0.6) is 11.5 Å². The molecule has 4 aromatic carbocycles. The van der Waals surface area contributed by atoms with E-state index in [-0.39, 0.29) is 37.5 Å². The average Bonchev–Trinajstić information content (AvgIpc) is 2.98. The molecule has 0 aromatic heterocycles. The van der Waals surface area contributed by atoms with Gasteiger partial charge in [0.05, 0.1) is 12.8 Å². The van der Waals surface area contributed by atoms with Crippen LogP contribution in [0.25, 0.3) is 11.1 Å². The predicted octanol–water partition coefficient (Wildman–Crippen LogP) is 6.62. The van der Waals surface area contributed by atoms with E-state index in [1.54, 1.807) is 48.5 Å². The van der Waals surface area contributed by atoms with E-state index in [2.05, 4.69) is 10.6 Å². The lowest BCUT2D eigenvalue weighted by atomic mass is 10.0. The molecule has 0 bridgehead atoms. The molecule has 0 atom stereocenters. The fourth-order valence-corrected chi connectivity index (χ4v) is 3.95. The second kappa shape index (κ2) is 14.4. The molecule has 0 radical (unpaired) electrons. The molecule has 0 spiro atoms. The number of carbonyl (C=O) groups is 4. The van der Waals surface area contributed by atoms with E-state index in [9.17, 15) is 19.2 Å². The first-order valence-electron chi connectivity index (χ1n) is 13.6. The Morgan fingerprint density at radius 3 is 1.14 bits per heavy atom. The van der Waals surface area contributed by atoms with Crippen molar-refractivity contribution < 1.29 is 28.7 Å². The minimum absolute atomic E-state index is 0.00750. The second-order valence-corrected chi connectivity index (χ2v) is 9.83. The Morgan fingerprint density at radius 2 is 0.810 bits per heavy atom. The first-order valence-corrected chi connectivity index (χ1v) is 13.6. The average molecular weight is 565 g/mol. The molecule has 8 nitrogen and oxygen atoms in total. The third kappa shape index (κ3) is 9.45. The number of aryl methyl sites for hydroxylation is 2. The molecule has 0 fully saturated rings. The number of ether oxygens (including phenoxy) is 2. The van der Waals surface area contributed by atoms with Crippen LogP contribution < -0.4 is 20.1 Å². The van der Waals surface area contributed by atoms with Crippen molar-refractivity contribution in [2.45, 2.75) is 39.5 Å². The number of hydrogen-bond donors (Lipinski definition) is 2. The first kappa shape index (κ1) is 29.7. The van der Waals surface area contributed by atoms with Crippen LogP contribution in [-0.2, 0) is 19.2 Å². The molecule has 4 rings (SSSR count). The number of nitrogens with one attached hydrogen (secondary N) is 2. The zero-order valence-corrected chi connectivity index (χ0v) is 23.5. The van der Waals surface area contributed by atoms with Gasteiger partial charge in [0, 0.05) is 24.2 Å². The highest BCUT2D eigenvalue weighted by molar-refractivity contribution is 5.94. The largest absolute Gasteiger partial charge is 0.427 e. The quantitative estimate of drug-likeness (QED) is 0.156. The second-order valence-electron chi connectivity index (χ2n) is 9.83. The van der Waals surface area contributed by atoms with Gasteiger partial charge in [0.25, 0.3) is 0 Å². The normalized spacial score (nSPS) is 10.4. The molecule has 2 amide bonds. The zero-order valence-electron chi connectivity index (χ0n) is 23.5. The Kier molecular flexibility index (Phi) is 10.2. The fraction of sp³-hybridized carbons (Fsp3) is 0.176. The van der Waals surface area contributed by atoms with Crippen molar-refractivity contribution in [1.82, 2.24) is 0 Å². The summed E-state index contributed by atoms with van der Waals surface area (Å²) >= 11 is 0. The van der Waals surface area contributed by atoms with Gasteiger partial charge >= 0.3 is 11.9 Å². The van der Waals surface area contributed by atoms with Gasteiger partial charge in [0.1, 0.15) is 11.5 Å². The third-order valence-electron chi connectivity index (χ3n) is 6.29. The van der Waals surface area contributed by atoms with E-state index in [0.717, 1.165) is 22.3 Å². The maximum atomic E-state index is 12.3. The number of esters is 2. The molecule has 0 heterocycles. The molecule has 0 aliphatic heterocycles. The van der Waals surface area contributed by atoms with Crippen LogP contribution in [0.15, 0.2) is 97.1 Å². The molecular formula is C34H32N2O6. The summed E-state index contributed by atoms with van der Waals surface area (Å²) in [6.45, 7) is 3.89. The van der Waals surface area contributed by atoms with E-state index in [1.807, 2.05) is 62.4 Å². The lowest BCUT2D eigenvalue weighted by molar-refractivity contribution is -0.136. The summed E-state index contributed by atoms with van der Waals surface area (Å²) in [6, 6.07) is 28.9. The van der Waals surface area contributed by atoms with Crippen molar-refractivity contribution in [2.24, 2.45) is 0 Å². The van der Waals surface area contributed by atoms with Crippen LogP contribution in [0.2, 0.25) is 0 Å². The van der Waals surface area contributed by atoms with E-state index in [4.69, 9.17) is 9.47 Å². The van der Waals surface area contributed by atoms with Gasteiger partial charge < -0.3 is 20.1 Å². The maximum absolute atomic E-state index is 12.3. The van der Waals surface area contributed by atoms with Crippen LogP contribution in [0.4, 0.5) is 11.4 Å². The molecular weight excluding hydrogens is 532 g/mol. The van der Waals surface area contributed by atoms with Gasteiger partial charge in [-0.05, 0) is 73.5 Å². The molecule has 0 saturated carbocycles. The summed E-state index contributed by atoms with van der Waals surface area (Å²) < 4.78 is 10.5. The molecule has 8 heteroatoms. The van der Waals surface area contributed by atoms with Gasteiger partial charge in [-0.25, -0.2) is 0 Å². The number of amides is 2. The van der Waals surface area contributed by atoms with Gasteiger partial charge in [-0.2, -0.15) is 0 Å². The van der Waals surface area contributed by atoms with Crippen molar-refractivity contribution in [3.63, 3.8) is 0 Å². The minimum Gasteiger partial charge on any atom is -0.427 e. The first-order chi connectivity index (χ1) is 20.2. The SMILES string of the molecule is Cc1ccc(OC(=O)CCC(=O)Nc2ccc(-c3ccc(NC(=O)CCC(=O)Oc4ccc(C)cc4)cc3)cc2)cc1. The molecule has 42 heavy (non-hydrogen) atoms. The number of carbonyl (C=O) groups excluding carboxylic acids is 4. The highest BCUT2D eigenvalue weighted by atomic mass is 16.5. The molecule has 2 N–H and O–H groups in total. The van der Waals surface area contributed by atoms with Crippen LogP contribution >= 0.6 is 0 Å². The van der Waals surface area contributed by atoms with Crippen LogP contribution in [-0.4, -0.2) is 23.8 Å². The number of rotatable bonds is 11. The van der Waals surface area contributed by atoms with Crippen molar-refractivity contribution >= 4 is 35.1 Å². The fourth-order valence-electron chi connectivity index (χ4n) is 3.95. The summed E-state index contributed by atoms with van der Waals surface area (Å²) in [6.07, 6.45) is -0.0441. The van der Waals surface area contributed by atoms with Crippen molar-refractivity contribution in [1.29, 1.82) is 0 Å². The lowest BCUT2D eigenvalue weighted by Gasteiger charge is -2.09. The highest BCUT2D eigenvalue weighted by Gasteiger charge is 2.11. The Balaban J connectivity index is 1.19. The van der Waals surface area contributed by atoms with Crippen molar-refractivity contribution in [2.75, 3.05) is 10.6 Å². The standard InChI is InChI=1S/C34H32N2O6/c1-23-3-15-29(16-4-23)41-33(39)21-19-31(37)35-27-11-7-25(8-12-27)26-9-13-28(14-10-26)36-32(38)20-22-34(40)42-30-17-5-24(2)6-18-30/h3-18H,19-22H2,1-2H3,(H,35,37)(H,36,38). The van der Waals surface area contributed by atoms with E-state index in [1.165, 1.54) is 0 Å². The van der Waals surface area contributed by atoms with Crippen LogP contribution in [0.3, 0.4) is 0 Å². The van der Waals surface area contributed by atoms with E-state index >= 15 is 0 Å². The van der Waals surface area contributed by atoms with Gasteiger partial charge in [-0.1, -0.05) is 59.7 Å². The minimum atomic E-state index is -0.468. The Bertz CT molecular complexity index is 1410. The topological polar surface area (TPSA) is 111 Å². The third-order valence-corrected chi connectivity index (χ3v) is 6.29. The molecule has 0 saturated heterocycles. The summed E-state index contributed by atoms with van der Waals surface area (Å²) in [5.74, 6) is -0.602. The van der Waals surface area contributed by atoms with Gasteiger partial charge in [0.15, 0.2) is 0 Å². The molecule has 0 aliphatic carbocycles. The molecule has 4 aromatic rings. The Morgan fingerprint density at radius 1 is 0.476 bits per heavy atom. The number of hydrogen-bond acceptors (Lipinski definition) is 6. The van der Waals surface area contributed by atoms with Crippen molar-refractivity contribution in [3.8, 4) is 22.6 Å². The monoisotopic (exact) mass is 564 g/mol. The Labute approximate surface area is 244 Å². The van der Waals surface area contributed by atoms with Crippen LogP contribution in [0.1, 0.15) is 36.8 Å². The summed E-state index contributed by atoms with van der Waals surface area (Å²) in [5, 5.41) is 5.57. The van der Waals surface area contributed by atoms with Gasteiger partial charge in [-0.15, -0.1) is 0 Å². The highest BCUT2D eigenvalue weighted by Crippen LogP contribution is 2.24. The zero-order chi connectivity index (χ0) is 29.9. The van der Waals surface area contributed by atoms with Gasteiger partial charge in [-0.3, -0.25) is 19.2 Å². The summed E-state index contributed by atoms with van der Waals surface area (Å²) in [5.41, 5.74) is 5.19. The number of benzene rings is 4. The lowest BCUT2D eigenvalue weighted by Crippen LogP contribution is -2.16. The maximum Gasteiger partial charge on any atom is 0.311 e. The molecule has 0 aliphatic rings. The van der Waals surface area contributed by atoms with Gasteiger partial charge in [0.2, 0.25) is 11.8 Å². The summed E-state index contributed by atoms with van der Waals surface area (Å²) in [7, 11) is 0. The Hall–Kier alpha value is -5.24. The summed E-state index contributed by atoms with van der Waals surface area (Å²) in [4.78, 5) is 48.6. The number of anilines is 2. The van der Waals surface area contributed by atoms with E-state index < -0.39 is 11.9 Å². The smallest absolute Gasteiger partial charge is 0.311 e. The van der Waals surface area contributed by atoms with Crippen LogP contribution in [0, 0.1) is 13.8 Å². The van der Waals surface area contributed by atoms with E-state index in [0.29, 0.717) is 22.9 Å².